The van der Waals surface area contributed by atoms with Gasteiger partial charge in [0.2, 0.25) is 0 Å². The maximum atomic E-state index is 13.2. The zero-order valence-corrected chi connectivity index (χ0v) is 17.0. The number of likely N-dealkylation sites (tertiary alicyclic amines) is 1. The van der Waals surface area contributed by atoms with Crippen LogP contribution in [0, 0.1) is 5.92 Å². The highest BCUT2D eigenvalue weighted by molar-refractivity contribution is 6.34. The monoisotopic (exact) mass is 404 g/mol. The molecule has 0 radical (unpaired) electrons. The van der Waals surface area contributed by atoms with Gasteiger partial charge in [0.05, 0.1) is 10.6 Å². The number of anilines is 1. The molecule has 3 fully saturated rings. The fourth-order valence-electron chi connectivity index (χ4n) is 5.10. The normalized spacial score (nSPS) is 25.2. The van der Waals surface area contributed by atoms with Crippen LogP contribution in [-0.2, 0) is 4.74 Å². The molecule has 1 aromatic carbocycles. The Morgan fingerprint density at radius 1 is 1.00 bits per heavy atom. The fourth-order valence-corrected chi connectivity index (χ4v) is 5.36. The van der Waals surface area contributed by atoms with Gasteiger partial charge in [0.1, 0.15) is 6.10 Å². The maximum absolute atomic E-state index is 13.2. The van der Waals surface area contributed by atoms with E-state index in [-0.39, 0.29) is 12.0 Å². The minimum atomic E-state index is -0.455. The Kier molecular flexibility index (Phi) is 6.10. The Hall–Kier alpha value is -1.75. The van der Waals surface area contributed by atoms with E-state index in [9.17, 15) is 9.59 Å². The molecule has 1 saturated heterocycles. The molecule has 1 aromatic rings. The van der Waals surface area contributed by atoms with Crippen molar-refractivity contribution in [3.05, 3.63) is 28.8 Å². The van der Waals surface area contributed by atoms with Crippen molar-refractivity contribution in [3.63, 3.8) is 0 Å². The van der Waals surface area contributed by atoms with Crippen LogP contribution in [0.5, 0.6) is 0 Å². The fraction of sp³-hybridized carbons (Fsp3) is 0.636. The van der Waals surface area contributed by atoms with E-state index in [1.165, 1.54) is 25.7 Å². The van der Waals surface area contributed by atoms with Crippen LogP contribution >= 0.6 is 11.6 Å². The lowest BCUT2D eigenvalue weighted by atomic mass is 9.78. The number of piperidine rings is 1. The zero-order valence-electron chi connectivity index (χ0n) is 16.3. The predicted molar refractivity (Wildman–Crippen MR) is 110 cm³/mol. The van der Waals surface area contributed by atoms with Crippen LogP contribution in [0.2, 0.25) is 5.02 Å². The highest BCUT2D eigenvalue weighted by atomic mass is 35.5. The van der Waals surface area contributed by atoms with Crippen LogP contribution in [0.1, 0.15) is 74.6 Å². The van der Waals surface area contributed by atoms with Crippen molar-refractivity contribution in [1.29, 1.82) is 0 Å². The first kappa shape index (κ1) is 19.6. The molecule has 2 amide bonds. The van der Waals surface area contributed by atoms with E-state index in [2.05, 4.69) is 5.32 Å². The number of amides is 2. The number of carbonyl (C=O) groups is 2. The molecule has 0 bridgehead atoms. The van der Waals surface area contributed by atoms with Gasteiger partial charge in [-0.1, -0.05) is 24.4 Å². The van der Waals surface area contributed by atoms with Crippen LogP contribution in [-0.4, -0.2) is 35.6 Å². The molecule has 5 nitrogen and oxygen atoms in total. The third kappa shape index (κ3) is 4.29. The molecular weight excluding hydrogens is 376 g/mol. The van der Waals surface area contributed by atoms with Crippen molar-refractivity contribution in [2.45, 2.75) is 76.4 Å². The number of nitrogens with one attached hydrogen (secondary N) is 1. The Morgan fingerprint density at radius 3 is 2.50 bits per heavy atom. The Labute approximate surface area is 171 Å². The molecule has 28 heavy (non-hydrogen) atoms. The topological polar surface area (TPSA) is 58.6 Å². The Morgan fingerprint density at radius 2 is 1.71 bits per heavy atom. The Balaban J connectivity index is 1.42. The average Bonchev–Trinajstić information content (AvgIpc) is 3.20. The van der Waals surface area contributed by atoms with Crippen LogP contribution in [0.3, 0.4) is 0 Å². The molecule has 2 atom stereocenters. The summed E-state index contributed by atoms with van der Waals surface area (Å²) in [6.45, 7) is 0.810. The van der Waals surface area contributed by atoms with Gasteiger partial charge in [-0.3, -0.25) is 10.1 Å². The highest BCUT2D eigenvalue weighted by Crippen LogP contribution is 2.36. The number of fused-ring (bicyclic) bond motifs is 1. The van der Waals surface area contributed by atoms with Crippen LogP contribution in [0.4, 0.5) is 10.5 Å². The van der Waals surface area contributed by atoms with Gasteiger partial charge >= 0.3 is 6.09 Å². The molecule has 0 spiro atoms. The van der Waals surface area contributed by atoms with Gasteiger partial charge in [-0.2, -0.15) is 0 Å². The summed E-state index contributed by atoms with van der Waals surface area (Å²) in [4.78, 5) is 27.3. The number of halogens is 1. The molecular formula is C22H29ClN2O3. The minimum absolute atomic E-state index is 0.0128. The van der Waals surface area contributed by atoms with Crippen LogP contribution in [0.25, 0.3) is 0 Å². The molecule has 1 heterocycles. The third-order valence-electron chi connectivity index (χ3n) is 6.53. The van der Waals surface area contributed by atoms with Crippen molar-refractivity contribution in [1.82, 2.24) is 4.90 Å². The lowest BCUT2D eigenvalue weighted by Gasteiger charge is -2.44. The van der Waals surface area contributed by atoms with E-state index in [4.69, 9.17) is 16.3 Å². The van der Waals surface area contributed by atoms with Gasteiger partial charge < -0.3 is 9.64 Å². The summed E-state index contributed by atoms with van der Waals surface area (Å²) in [5.74, 6) is 0.651. The van der Waals surface area contributed by atoms with E-state index >= 15 is 0 Å². The van der Waals surface area contributed by atoms with Gasteiger partial charge in [-0.15, -0.1) is 0 Å². The molecule has 2 saturated carbocycles. The molecule has 1 aliphatic heterocycles. The van der Waals surface area contributed by atoms with Gasteiger partial charge in [-0.05, 0) is 75.5 Å². The standard InChI is InChI=1S/C22H29ClN2O3/c23-19-14-16(24-22(27)28-17-8-2-3-9-17)11-12-18(19)21(26)25-13-5-7-15-6-1-4-10-20(15)25/h11-12,14-15,17,20H,1-10,13H2,(H,24,27)/t15-,20-/m1/s1. The number of nitrogens with zero attached hydrogens (tertiary/aromatic N) is 1. The zero-order chi connectivity index (χ0) is 19.5. The van der Waals surface area contributed by atoms with Gasteiger partial charge in [0.25, 0.3) is 5.91 Å². The summed E-state index contributed by atoms with van der Waals surface area (Å²) in [7, 11) is 0. The van der Waals surface area contributed by atoms with Crippen LogP contribution in [0.15, 0.2) is 18.2 Å². The largest absolute Gasteiger partial charge is 0.446 e. The lowest BCUT2D eigenvalue weighted by molar-refractivity contribution is 0.0391. The SMILES string of the molecule is O=C(Nc1ccc(C(=O)N2CCC[C@H]3CCCC[C@H]32)c(Cl)c1)OC1CCCC1. The first-order valence-electron chi connectivity index (χ1n) is 10.7. The van der Waals surface area contributed by atoms with Crippen molar-refractivity contribution < 1.29 is 14.3 Å². The number of hydrogen-bond donors (Lipinski definition) is 1. The number of rotatable bonds is 3. The van der Waals surface area contributed by atoms with E-state index in [1.807, 2.05) is 4.90 Å². The van der Waals surface area contributed by atoms with Gasteiger partial charge in [-0.25, -0.2) is 4.79 Å². The number of hydrogen-bond acceptors (Lipinski definition) is 3. The Bertz CT molecular complexity index is 730. The molecule has 4 rings (SSSR count). The van der Waals surface area contributed by atoms with E-state index < -0.39 is 6.09 Å². The second-order valence-corrected chi connectivity index (χ2v) is 8.79. The molecule has 0 unspecified atom stereocenters. The molecule has 152 valence electrons. The summed E-state index contributed by atoms with van der Waals surface area (Å²) in [6.07, 6.45) is 10.7. The summed E-state index contributed by atoms with van der Waals surface area (Å²) in [5.41, 5.74) is 1.07. The first-order valence-corrected chi connectivity index (χ1v) is 11.1. The van der Waals surface area contributed by atoms with Crippen LogP contribution < -0.4 is 5.32 Å². The van der Waals surface area contributed by atoms with Crippen molar-refractivity contribution in [3.8, 4) is 0 Å². The second-order valence-electron chi connectivity index (χ2n) is 8.38. The third-order valence-corrected chi connectivity index (χ3v) is 6.84. The molecule has 2 aliphatic carbocycles. The molecule has 0 aromatic heterocycles. The highest BCUT2D eigenvalue weighted by Gasteiger charge is 2.36. The number of ether oxygens (including phenoxy) is 1. The van der Waals surface area contributed by atoms with Crippen molar-refractivity contribution in [2.75, 3.05) is 11.9 Å². The number of benzene rings is 1. The number of carbonyl (C=O) groups excluding carboxylic acids is 2. The predicted octanol–water partition coefficient (Wildman–Crippen LogP) is 5.63. The van der Waals surface area contributed by atoms with Gasteiger partial charge in [0, 0.05) is 18.3 Å². The van der Waals surface area contributed by atoms with Crippen molar-refractivity contribution in [2.24, 2.45) is 5.92 Å². The van der Waals surface area contributed by atoms with Crippen molar-refractivity contribution >= 4 is 29.3 Å². The summed E-state index contributed by atoms with van der Waals surface area (Å²) >= 11 is 6.43. The summed E-state index contributed by atoms with van der Waals surface area (Å²) < 4.78 is 5.42. The van der Waals surface area contributed by atoms with E-state index in [1.54, 1.807) is 18.2 Å². The first-order chi connectivity index (χ1) is 13.6. The van der Waals surface area contributed by atoms with E-state index in [0.29, 0.717) is 28.2 Å². The average molecular weight is 405 g/mol. The summed E-state index contributed by atoms with van der Waals surface area (Å²) in [6, 6.07) is 5.46. The molecule has 3 aliphatic rings. The molecule has 1 N–H and O–H groups in total. The van der Waals surface area contributed by atoms with E-state index in [0.717, 1.165) is 45.1 Å². The smallest absolute Gasteiger partial charge is 0.411 e. The van der Waals surface area contributed by atoms with Gasteiger partial charge in [0.15, 0.2) is 0 Å². The summed E-state index contributed by atoms with van der Waals surface area (Å²) in [5, 5.41) is 3.11. The lowest BCUT2D eigenvalue weighted by Crippen LogP contribution is -2.49. The molecule has 6 heteroatoms. The minimum Gasteiger partial charge on any atom is -0.446 e. The maximum Gasteiger partial charge on any atom is 0.411 e. The quantitative estimate of drug-likeness (QED) is 0.710. The second kappa shape index (κ2) is 8.73.